The van der Waals surface area contributed by atoms with Crippen molar-refractivity contribution in [2.75, 3.05) is 21.1 Å². The van der Waals surface area contributed by atoms with Crippen LogP contribution in [0.1, 0.15) is 31.2 Å². The molecule has 130 valence electrons. The van der Waals surface area contributed by atoms with Gasteiger partial charge in [0.25, 0.3) is 0 Å². The number of fused-ring (bicyclic) bond motifs is 2. The van der Waals surface area contributed by atoms with Gasteiger partial charge in [0.1, 0.15) is 0 Å². The topological polar surface area (TPSA) is 11.4 Å². The van der Waals surface area contributed by atoms with Crippen molar-refractivity contribution >= 4 is 10.9 Å². The maximum absolute atomic E-state index is 2.62. The Morgan fingerprint density at radius 3 is 2.29 bits per heavy atom. The van der Waals surface area contributed by atoms with Crippen LogP contribution in [0.4, 0.5) is 0 Å². The van der Waals surface area contributed by atoms with Crippen LogP contribution in [-0.4, -0.2) is 47.6 Å². The van der Waals surface area contributed by atoms with Gasteiger partial charge in [-0.25, -0.2) is 0 Å². The van der Waals surface area contributed by atoms with E-state index in [1.807, 2.05) is 0 Å². The Morgan fingerprint density at radius 2 is 1.62 bits per heavy atom. The lowest BCUT2D eigenvalue weighted by Crippen LogP contribution is -2.31. The SMILES string of the molecule is CN(C)C1C[C@@H]2CC(N(C)Cc3cccc4c3ccn4C)C[C@@H]2C1. The van der Waals surface area contributed by atoms with Gasteiger partial charge in [0, 0.05) is 42.8 Å². The summed E-state index contributed by atoms with van der Waals surface area (Å²) in [6.45, 7) is 1.07. The van der Waals surface area contributed by atoms with Crippen molar-refractivity contribution in [3.05, 3.63) is 36.0 Å². The first-order valence-electron chi connectivity index (χ1n) is 9.42. The van der Waals surface area contributed by atoms with E-state index in [1.165, 1.54) is 42.1 Å². The molecule has 1 aromatic carbocycles. The molecule has 2 saturated carbocycles. The van der Waals surface area contributed by atoms with Crippen molar-refractivity contribution in [3.8, 4) is 0 Å². The monoisotopic (exact) mass is 325 g/mol. The lowest BCUT2D eigenvalue weighted by atomic mass is 10.0. The Balaban J connectivity index is 1.43. The van der Waals surface area contributed by atoms with Crippen LogP contribution in [0.3, 0.4) is 0 Å². The second-order valence-electron chi connectivity index (χ2n) is 8.43. The van der Waals surface area contributed by atoms with Crippen molar-refractivity contribution in [3.63, 3.8) is 0 Å². The average Bonchev–Trinajstić information content (AvgIpc) is 3.21. The van der Waals surface area contributed by atoms with Gasteiger partial charge in [-0.2, -0.15) is 0 Å². The van der Waals surface area contributed by atoms with Crippen molar-refractivity contribution in [1.82, 2.24) is 14.4 Å². The van der Waals surface area contributed by atoms with Crippen LogP contribution in [0, 0.1) is 11.8 Å². The molecule has 1 aromatic heterocycles. The average molecular weight is 326 g/mol. The van der Waals surface area contributed by atoms with Crippen LogP contribution >= 0.6 is 0 Å². The normalized spacial score (nSPS) is 29.9. The first-order valence-corrected chi connectivity index (χ1v) is 9.42. The molecule has 0 saturated heterocycles. The van der Waals surface area contributed by atoms with Crippen molar-refractivity contribution < 1.29 is 0 Å². The van der Waals surface area contributed by atoms with Gasteiger partial charge in [-0.3, -0.25) is 4.90 Å². The van der Waals surface area contributed by atoms with Crippen LogP contribution in [0.2, 0.25) is 0 Å². The van der Waals surface area contributed by atoms with Crippen molar-refractivity contribution in [2.24, 2.45) is 18.9 Å². The van der Waals surface area contributed by atoms with Crippen LogP contribution in [0.5, 0.6) is 0 Å². The lowest BCUT2D eigenvalue weighted by molar-refractivity contribution is 0.212. The van der Waals surface area contributed by atoms with E-state index in [2.05, 4.69) is 73.0 Å². The Hall–Kier alpha value is -1.32. The number of nitrogens with zero attached hydrogens (tertiary/aromatic N) is 3. The van der Waals surface area contributed by atoms with Gasteiger partial charge in [0.2, 0.25) is 0 Å². The molecule has 24 heavy (non-hydrogen) atoms. The van der Waals surface area contributed by atoms with E-state index >= 15 is 0 Å². The molecule has 1 heterocycles. The molecule has 2 unspecified atom stereocenters. The molecule has 2 aliphatic carbocycles. The number of aryl methyl sites for hydroxylation is 1. The summed E-state index contributed by atoms with van der Waals surface area (Å²) in [6, 6.07) is 10.6. The van der Waals surface area contributed by atoms with Crippen molar-refractivity contribution in [2.45, 2.75) is 44.3 Å². The number of aromatic nitrogens is 1. The molecular weight excluding hydrogens is 294 g/mol. The van der Waals surface area contributed by atoms with Crippen LogP contribution in [-0.2, 0) is 13.6 Å². The zero-order valence-corrected chi connectivity index (χ0v) is 15.6. The van der Waals surface area contributed by atoms with E-state index < -0.39 is 0 Å². The first kappa shape index (κ1) is 16.2. The third kappa shape index (κ3) is 2.78. The van der Waals surface area contributed by atoms with Gasteiger partial charge in [-0.1, -0.05) is 12.1 Å². The van der Waals surface area contributed by atoms with E-state index in [0.717, 1.165) is 30.5 Å². The molecule has 2 aromatic rings. The fourth-order valence-electron chi connectivity index (χ4n) is 5.24. The minimum absolute atomic E-state index is 0.766. The third-order valence-electron chi connectivity index (χ3n) is 6.76. The Morgan fingerprint density at radius 1 is 0.958 bits per heavy atom. The molecule has 0 amide bonds. The van der Waals surface area contributed by atoms with Gasteiger partial charge in [0.15, 0.2) is 0 Å². The molecule has 3 heteroatoms. The molecule has 0 radical (unpaired) electrons. The van der Waals surface area contributed by atoms with Gasteiger partial charge in [0.05, 0.1) is 0 Å². The van der Waals surface area contributed by atoms with Gasteiger partial charge >= 0.3 is 0 Å². The van der Waals surface area contributed by atoms with E-state index in [4.69, 9.17) is 0 Å². The lowest BCUT2D eigenvalue weighted by Gasteiger charge is -2.27. The van der Waals surface area contributed by atoms with Gasteiger partial charge < -0.3 is 9.47 Å². The molecule has 4 rings (SSSR count). The van der Waals surface area contributed by atoms with E-state index in [1.54, 1.807) is 0 Å². The fourth-order valence-corrected chi connectivity index (χ4v) is 5.24. The van der Waals surface area contributed by atoms with Crippen LogP contribution in [0.25, 0.3) is 10.9 Å². The molecule has 0 bridgehead atoms. The highest BCUT2D eigenvalue weighted by Gasteiger charge is 2.43. The van der Waals surface area contributed by atoms with E-state index in [9.17, 15) is 0 Å². The molecule has 4 atom stereocenters. The Bertz CT molecular complexity index is 703. The molecule has 2 aliphatic rings. The van der Waals surface area contributed by atoms with Crippen LogP contribution < -0.4 is 0 Å². The predicted molar refractivity (Wildman–Crippen MR) is 101 cm³/mol. The fraction of sp³-hybridized carbons (Fsp3) is 0.619. The smallest absolute Gasteiger partial charge is 0.0480 e. The summed E-state index contributed by atoms with van der Waals surface area (Å²) in [4.78, 5) is 5.05. The summed E-state index contributed by atoms with van der Waals surface area (Å²) >= 11 is 0. The molecule has 0 spiro atoms. The summed E-state index contributed by atoms with van der Waals surface area (Å²) in [7, 11) is 8.96. The highest BCUT2D eigenvalue weighted by Crippen LogP contribution is 2.46. The summed E-state index contributed by atoms with van der Waals surface area (Å²) in [5, 5.41) is 1.41. The minimum atomic E-state index is 0.766. The van der Waals surface area contributed by atoms with Crippen molar-refractivity contribution in [1.29, 1.82) is 0 Å². The summed E-state index contributed by atoms with van der Waals surface area (Å²) < 4.78 is 2.22. The summed E-state index contributed by atoms with van der Waals surface area (Å²) in [5.74, 6) is 1.91. The molecule has 2 fully saturated rings. The third-order valence-corrected chi connectivity index (χ3v) is 6.76. The zero-order valence-electron chi connectivity index (χ0n) is 15.6. The number of benzene rings is 1. The summed E-state index contributed by atoms with van der Waals surface area (Å²) in [5.41, 5.74) is 2.82. The first-order chi connectivity index (χ1) is 11.5. The number of hydrogen-bond donors (Lipinski definition) is 0. The standard InChI is InChI=1S/C21H31N3/c1-22(2)18-10-16-12-19(13-17(16)11-18)24(4)14-15-6-5-7-21-20(15)8-9-23(21)3/h5-9,16-19H,10-14H2,1-4H3/t16-,17+,18?,19?. The van der Waals surface area contributed by atoms with Gasteiger partial charge in [-0.05, 0) is 76.4 Å². The van der Waals surface area contributed by atoms with E-state index in [-0.39, 0.29) is 0 Å². The predicted octanol–water partition coefficient (Wildman–Crippen LogP) is 3.73. The van der Waals surface area contributed by atoms with E-state index in [0.29, 0.717) is 0 Å². The number of rotatable bonds is 4. The highest BCUT2D eigenvalue weighted by molar-refractivity contribution is 5.83. The number of hydrogen-bond acceptors (Lipinski definition) is 2. The molecule has 3 nitrogen and oxygen atoms in total. The second-order valence-corrected chi connectivity index (χ2v) is 8.43. The second kappa shape index (κ2) is 6.20. The van der Waals surface area contributed by atoms with Gasteiger partial charge in [-0.15, -0.1) is 0 Å². The highest BCUT2D eigenvalue weighted by atomic mass is 15.1. The molecule has 0 aliphatic heterocycles. The van der Waals surface area contributed by atoms with Crippen LogP contribution in [0.15, 0.2) is 30.5 Å². The quantitative estimate of drug-likeness (QED) is 0.848. The zero-order chi connectivity index (χ0) is 16.8. The largest absolute Gasteiger partial charge is 0.351 e. The Kier molecular flexibility index (Phi) is 4.17. The maximum atomic E-state index is 2.62. The minimum Gasteiger partial charge on any atom is -0.351 e. The summed E-state index contributed by atoms with van der Waals surface area (Å²) in [6.07, 6.45) is 7.80. The molecular formula is C21H31N3. The Labute approximate surface area is 146 Å². The molecule has 0 N–H and O–H groups in total. The maximum Gasteiger partial charge on any atom is 0.0480 e.